The van der Waals surface area contributed by atoms with Gasteiger partial charge in [0.2, 0.25) is 6.04 Å². The molecule has 7 nitrogen and oxygen atoms in total. The molecule has 0 bridgehead atoms. The Morgan fingerprint density at radius 3 is 2.26 bits per heavy atom. The molecule has 0 amide bonds. The molecule has 7 heteroatoms. The van der Waals surface area contributed by atoms with E-state index in [-0.39, 0.29) is 4.92 Å². The normalized spacial score (nSPS) is 16.1. The van der Waals surface area contributed by atoms with E-state index in [1.165, 1.54) is 11.1 Å². The minimum atomic E-state index is -0.753. The lowest BCUT2D eigenvalue weighted by Crippen LogP contribution is -2.34. The third-order valence-electron chi connectivity index (χ3n) is 5.80. The fourth-order valence-corrected chi connectivity index (χ4v) is 3.95. The fraction of sp³-hybridized carbons (Fsp3) is 0.500. The fourth-order valence-electron chi connectivity index (χ4n) is 3.95. The number of hydrogen-bond acceptors (Lipinski definition) is 6. The van der Waals surface area contributed by atoms with E-state index in [1.54, 1.807) is 26.4 Å². The Morgan fingerprint density at radius 2 is 1.65 bits per heavy atom. The smallest absolute Gasteiger partial charge is 0.217 e. The van der Waals surface area contributed by atoms with Crippen molar-refractivity contribution in [2.24, 2.45) is 0 Å². The van der Waals surface area contributed by atoms with Crippen LogP contribution in [0, 0.1) is 17.0 Å². The number of methoxy groups -OCH3 is 2. The lowest BCUT2D eigenvalue weighted by atomic mass is 9.95. The van der Waals surface area contributed by atoms with E-state index in [0.29, 0.717) is 50.4 Å². The van der Waals surface area contributed by atoms with Crippen LogP contribution < -0.4 is 9.47 Å². The van der Waals surface area contributed by atoms with Crippen molar-refractivity contribution in [2.75, 3.05) is 27.4 Å². The van der Waals surface area contributed by atoms with Gasteiger partial charge in [-0.3, -0.25) is 10.1 Å². The molecule has 0 aliphatic carbocycles. The van der Waals surface area contributed by atoms with Crippen LogP contribution in [0.4, 0.5) is 0 Å². The van der Waals surface area contributed by atoms with Crippen LogP contribution >= 0.6 is 0 Å². The van der Waals surface area contributed by atoms with Gasteiger partial charge >= 0.3 is 0 Å². The number of nitro groups is 1. The van der Waals surface area contributed by atoms with Crippen LogP contribution in [-0.4, -0.2) is 44.2 Å². The number of benzene rings is 2. The van der Waals surface area contributed by atoms with E-state index in [4.69, 9.17) is 18.9 Å². The Kier molecular flexibility index (Phi) is 7.87. The van der Waals surface area contributed by atoms with Gasteiger partial charge in [-0.15, -0.1) is 0 Å². The molecule has 1 fully saturated rings. The second-order valence-electron chi connectivity index (χ2n) is 7.96. The Labute approximate surface area is 183 Å². The maximum absolute atomic E-state index is 11.8. The first-order valence-corrected chi connectivity index (χ1v) is 10.6. The topological polar surface area (TPSA) is 80.1 Å². The second-order valence-corrected chi connectivity index (χ2v) is 7.96. The highest BCUT2D eigenvalue weighted by molar-refractivity contribution is 5.43. The van der Waals surface area contributed by atoms with E-state index in [1.807, 2.05) is 6.07 Å². The first-order valence-electron chi connectivity index (χ1n) is 10.6. The summed E-state index contributed by atoms with van der Waals surface area (Å²) in [6, 6.07) is 13.1. The predicted molar refractivity (Wildman–Crippen MR) is 117 cm³/mol. The maximum atomic E-state index is 11.8. The summed E-state index contributed by atoms with van der Waals surface area (Å²) < 4.78 is 22.5. The standard InChI is InChI=1S/C24H31NO6/c1-18-4-6-19(7-5-18)10-12-24(30-14-15-31-24)13-11-21(25(26)27)16-20-8-9-22(28-2)23(17-20)29-3/h4-9,17,21H,10-16H2,1-3H3. The van der Waals surface area contributed by atoms with E-state index in [2.05, 4.69) is 31.2 Å². The monoisotopic (exact) mass is 429 g/mol. The van der Waals surface area contributed by atoms with E-state index in [9.17, 15) is 10.1 Å². The molecule has 0 spiro atoms. The summed E-state index contributed by atoms with van der Waals surface area (Å²) in [6.45, 7) is 3.10. The van der Waals surface area contributed by atoms with E-state index < -0.39 is 11.8 Å². The Hall–Kier alpha value is -2.64. The molecule has 1 heterocycles. The third kappa shape index (κ3) is 6.18. The zero-order valence-electron chi connectivity index (χ0n) is 18.5. The molecule has 1 aliphatic rings. The van der Waals surface area contributed by atoms with Gasteiger partial charge in [0.25, 0.3) is 0 Å². The molecule has 0 radical (unpaired) electrons. The van der Waals surface area contributed by atoms with Crippen molar-refractivity contribution in [1.29, 1.82) is 0 Å². The molecular weight excluding hydrogens is 398 g/mol. The third-order valence-corrected chi connectivity index (χ3v) is 5.80. The van der Waals surface area contributed by atoms with Gasteiger partial charge < -0.3 is 18.9 Å². The Bertz CT molecular complexity index is 861. The van der Waals surface area contributed by atoms with Crippen molar-refractivity contribution in [3.8, 4) is 11.5 Å². The maximum Gasteiger partial charge on any atom is 0.217 e. The van der Waals surface area contributed by atoms with Gasteiger partial charge in [-0.05, 0) is 36.6 Å². The quantitative estimate of drug-likeness (QED) is 0.390. The highest BCUT2D eigenvalue weighted by atomic mass is 16.7. The van der Waals surface area contributed by atoms with Crippen LogP contribution in [0.5, 0.6) is 11.5 Å². The van der Waals surface area contributed by atoms with E-state index >= 15 is 0 Å². The van der Waals surface area contributed by atoms with E-state index in [0.717, 1.165) is 12.0 Å². The molecule has 168 valence electrons. The van der Waals surface area contributed by atoms with Gasteiger partial charge in [0.15, 0.2) is 17.3 Å². The van der Waals surface area contributed by atoms with Crippen molar-refractivity contribution < 1.29 is 23.9 Å². The van der Waals surface area contributed by atoms with Crippen LogP contribution in [0.2, 0.25) is 0 Å². The summed E-state index contributed by atoms with van der Waals surface area (Å²) in [5, 5.41) is 11.8. The Morgan fingerprint density at radius 1 is 1.00 bits per heavy atom. The molecule has 2 aromatic carbocycles. The first kappa shape index (κ1) is 23.0. The molecule has 2 aromatic rings. The molecule has 1 saturated heterocycles. The molecule has 1 aliphatic heterocycles. The van der Waals surface area contributed by atoms with Crippen LogP contribution in [0.15, 0.2) is 42.5 Å². The molecule has 1 atom stereocenters. The number of aryl methyl sites for hydroxylation is 2. The summed E-state index contributed by atoms with van der Waals surface area (Å²) >= 11 is 0. The van der Waals surface area contributed by atoms with Crippen LogP contribution in [0.1, 0.15) is 36.0 Å². The predicted octanol–water partition coefficient (Wildman–Crippen LogP) is 4.36. The van der Waals surface area contributed by atoms with Gasteiger partial charge in [0.1, 0.15) is 0 Å². The molecule has 3 rings (SSSR count). The summed E-state index contributed by atoms with van der Waals surface area (Å²) in [5.41, 5.74) is 3.26. The van der Waals surface area contributed by atoms with Crippen LogP contribution in [0.25, 0.3) is 0 Å². The van der Waals surface area contributed by atoms with Gasteiger partial charge in [0, 0.05) is 30.6 Å². The van der Waals surface area contributed by atoms with Crippen molar-refractivity contribution in [3.05, 3.63) is 69.3 Å². The van der Waals surface area contributed by atoms with Gasteiger partial charge in [-0.25, -0.2) is 0 Å². The molecule has 31 heavy (non-hydrogen) atoms. The minimum absolute atomic E-state index is 0.209. The lowest BCUT2D eigenvalue weighted by Gasteiger charge is -2.28. The zero-order chi connectivity index (χ0) is 22.3. The SMILES string of the molecule is COc1ccc(CC(CCC2(CCc3ccc(C)cc3)OCCO2)[N+](=O)[O-])cc1OC. The Balaban J connectivity index is 1.64. The minimum Gasteiger partial charge on any atom is -0.493 e. The van der Waals surface area contributed by atoms with Gasteiger partial charge in [-0.2, -0.15) is 0 Å². The molecular formula is C24H31NO6. The summed E-state index contributed by atoms with van der Waals surface area (Å²) in [5.74, 6) is 0.419. The number of hydrogen-bond donors (Lipinski definition) is 0. The van der Waals surface area contributed by atoms with Crippen molar-refractivity contribution >= 4 is 0 Å². The average molecular weight is 430 g/mol. The van der Waals surface area contributed by atoms with Crippen LogP contribution in [0.3, 0.4) is 0 Å². The molecule has 0 saturated carbocycles. The van der Waals surface area contributed by atoms with Crippen molar-refractivity contribution in [3.63, 3.8) is 0 Å². The van der Waals surface area contributed by atoms with Gasteiger partial charge in [-0.1, -0.05) is 35.9 Å². The summed E-state index contributed by atoms with van der Waals surface area (Å²) in [4.78, 5) is 11.6. The molecule has 1 unspecified atom stereocenters. The van der Waals surface area contributed by atoms with Crippen molar-refractivity contribution in [1.82, 2.24) is 0 Å². The lowest BCUT2D eigenvalue weighted by molar-refractivity contribution is -0.524. The number of ether oxygens (including phenoxy) is 4. The number of rotatable bonds is 11. The summed E-state index contributed by atoms with van der Waals surface area (Å²) in [6.07, 6.45) is 2.64. The van der Waals surface area contributed by atoms with Crippen molar-refractivity contribution in [2.45, 2.75) is 50.9 Å². The number of nitrogens with zero attached hydrogens (tertiary/aromatic N) is 1. The summed E-state index contributed by atoms with van der Waals surface area (Å²) in [7, 11) is 3.12. The second kappa shape index (κ2) is 10.6. The molecule has 0 N–H and O–H groups in total. The largest absolute Gasteiger partial charge is 0.493 e. The average Bonchev–Trinajstić information content (AvgIpc) is 3.25. The van der Waals surface area contributed by atoms with Crippen LogP contribution in [-0.2, 0) is 22.3 Å². The zero-order valence-corrected chi connectivity index (χ0v) is 18.5. The highest BCUT2D eigenvalue weighted by Crippen LogP contribution is 2.33. The van der Waals surface area contributed by atoms with Gasteiger partial charge in [0.05, 0.1) is 27.4 Å². The highest BCUT2D eigenvalue weighted by Gasteiger charge is 2.38. The molecule has 0 aromatic heterocycles. The first-order chi connectivity index (χ1) is 14.9.